The molecule has 0 fully saturated rings. The molecule has 138 valence electrons. The first-order valence-electron chi connectivity index (χ1n) is 7.96. The number of rotatable bonds is 4. The molecule has 0 atom stereocenters. The molecule has 27 heavy (non-hydrogen) atoms. The highest BCUT2D eigenvalue weighted by atomic mass is 19.4. The molecular formula is C19H15F3N4O. The van der Waals surface area contributed by atoms with Crippen LogP contribution in [0.25, 0.3) is 0 Å². The van der Waals surface area contributed by atoms with Crippen LogP contribution in [-0.4, -0.2) is 15.9 Å². The molecule has 0 aliphatic carbocycles. The molecule has 0 aliphatic heterocycles. The molecule has 0 radical (unpaired) electrons. The standard InChI is InChI=1S/C19H15F3N4O/c1-12-5-4-6-14(9-12)25-17(27)13-10-23-18(24-11-13)26-16-8-3-2-7-15(16)19(20,21)22/h2-11H,1H3,(H,25,27)(H,23,24,26). The minimum absolute atomic E-state index is 0.0428. The van der Waals surface area contributed by atoms with Crippen LogP contribution in [0.4, 0.5) is 30.5 Å². The lowest BCUT2D eigenvalue weighted by Crippen LogP contribution is -2.13. The number of amides is 1. The number of nitrogens with zero attached hydrogens (tertiary/aromatic N) is 2. The molecule has 0 unspecified atom stereocenters. The Kier molecular flexibility index (Phi) is 5.07. The fourth-order valence-corrected chi connectivity index (χ4v) is 2.40. The topological polar surface area (TPSA) is 66.9 Å². The Morgan fingerprint density at radius 1 is 1.00 bits per heavy atom. The van der Waals surface area contributed by atoms with Crippen molar-refractivity contribution in [3.05, 3.63) is 77.6 Å². The second kappa shape index (κ2) is 7.45. The van der Waals surface area contributed by atoms with Gasteiger partial charge in [0.1, 0.15) is 0 Å². The lowest BCUT2D eigenvalue weighted by Gasteiger charge is -2.13. The van der Waals surface area contributed by atoms with Crippen molar-refractivity contribution in [2.75, 3.05) is 10.6 Å². The van der Waals surface area contributed by atoms with E-state index in [4.69, 9.17) is 0 Å². The summed E-state index contributed by atoms with van der Waals surface area (Å²) in [5, 5.41) is 5.24. The summed E-state index contributed by atoms with van der Waals surface area (Å²) in [4.78, 5) is 20.1. The number of halogens is 3. The third kappa shape index (κ3) is 4.60. The van der Waals surface area contributed by atoms with Crippen molar-refractivity contribution in [3.8, 4) is 0 Å². The van der Waals surface area contributed by atoms with Gasteiger partial charge in [0.2, 0.25) is 5.95 Å². The third-order valence-electron chi connectivity index (χ3n) is 3.67. The van der Waals surface area contributed by atoms with E-state index in [1.807, 2.05) is 25.1 Å². The Morgan fingerprint density at radius 2 is 1.70 bits per heavy atom. The minimum Gasteiger partial charge on any atom is -0.324 e. The zero-order valence-corrected chi connectivity index (χ0v) is 14.2. The summed E-state index contributed by atoms with van der Waals surface area (Å²) in [7, 11) is 0. The average molecular weight is 372 g/mol. The number of benzene rings is 2. The summed E-state index contributed by atoms with van der Waals surface area (Å²) in [6.07, 6.45) is -2.01. The number of para-hydroxylation sites is 1. The van der Waals surface area contributed by atoms with Crippen molar-refractivity contribution in [1.29, 1.82) is 0 Å². The van der Waals surface area contributed by atoms with Gasteiger partial charge < -0.3 is 10.6 Å². The largest absolute Gasteiger partial charge is 0.418 e. The molecule has 5 nitrogen and oxygen atoms in total. The molecule has 0 aliphatic rings. The highest BCUT2D eigenvalue weighted by molar-refractivity contribution is 6.03. The van der Waals surface area contributed by atoms with Crippen LogP contribution in [0.5, 0.6) is 0 Å². The number of nitrogens with one attached hydrogen (secondary N) is 2. The van der Waals surface area contributed by atoms with E-state index in [2.05, 4.69) is 20.6 Å². The number of anilines is 3. The van der Waals surface area contributed by atoms with Crippen LogP contribution in [0.15, 0.2) is 60.9 Å². The van der Waals surface area contributed by atoms with Gasteiger partial charge in [0.15, 0.2) is 0 Å². The van der Waals surface area contributed by atoms with E-state index in [1.165, 1.54) is 30.6 Å². The fraction of sp³-hybridized carbons (Fsp3) is 0.105. The molecule has 1 heterocycles. The monoisotopic (exact) mass is 372 g/mol. The summed E-state index contributed by atoms with van der Waals surface area (Å²) < 4.78 is 39.1. The van der Waals surface area contributed by atoms with Crippen molar-refractivity contribution in [2.45, 2.75) is 13.1 Å². The number of aromatic nitrogens is 2. The second-order valence-electron chi connectivity index (χ2n) is 5.79. The van der Waals surface area contributed by atoms with Crippen LogP contribution in [0.3, 0.4) is 0 Å². The van der Waals surface area contributed by atoms with Crippen LogP contribution in [0.1, 0.15) is 21.5 Å². The molecule has 0 saturated carbocycles. The van der Waals surface area contributed by atoms with Gasteiger partial charge in [0.05, 0.1) is 16.8 Å². The number of hydrogen-bond acceptors (Lipinski definition) is 4. The maximum Gasteiger partial charge on any atom is 0.418 e. The molecule has 8 heteroatoms. The number of carbonyl (C=O) groups excluding carboxylic acids is 1. The molecule has 2 aromatic carbocycles. The molecule has 3 aromatic rings. The van der Waals surface area contributed by atoms with E-state index in [0.29, 0.717) is 5.69 Å². The van der Waals surface area contributed by atoms with Gasteiger partial charge in [-0.05, 0) is 36.8 Å². The second-order valence-corrected chi connectivity index (χ2v) is 5.79. The molecule has 1 amide bonds. The van der Waals surface area contributed by atoms with Gasteiger partial charge in [0, 0.05) is 18.1 Å². The summed E-state index contributed by atoms with van der Waals surface area (Å²) in [5.74, 6) is -0.457. The molecular weight excluding hydrogens is 357 g/mol. The average Bonchev–Trinajstić information content (AvgIpc) is 2.62. The summed E-state index contributed by atoms with van der Waals surface area (Å²) in [6, 6.07) is 12.3. The van der Waals surface area contributed by atoms with Crippen LogP contribution in [0, 0.1) is 6.92 Å². The maximum absolute atomic E-state index is 13.0. The Labute approximate surface area is 153 Å². The quantitative estimate of drug-likeness (QED) is 0.690. The first kappa shape index (κ1) is 18.4. The first-order valence-corrected chi connectivity index (χ1v) is 7.96. The van der Waals surface area contributed by atoms with E-state index in [1.54, 1.807) is 6.07 Å². The van der Waals surface area contributed by atoms with Crippen molar-refractivity contribution in [2.24, 2.45) is 0 Å². The fourth-order valence-electron chi connectivity index (χ4n) is 2.40. The smallest absolute Gasteiger partial charge is 0.324 e. The molecule has 0 spiro atoms. The van der Waals surface area contributed by atoms with Crippen LogP contribution >= 0.6 is 0 Å². The maximum atomic E-state index is 13.0. The van der Waals surface area contributed by atoms with Gasteiger partial charge in [0.25, 0.3) is 5.91 Å². The summed E-state index contributed by atoms with van der Waals surface area (Å²) in [6.45, 7) is 1.90. The van der Waals surface area contributed by atoms with Crippen molar-refractivity contribution >= 4 is 23.2 Å². The Hall–Kier alpha value is -3.42. The van der Waals surface area contributed by atoms with Crippen LogP contribution < -0.4 is 10.6 Å². The number of hydrogen-bond donors (Lipinski definition) is 2. The molecule has 3 rings (SSSR count). The molecule has 0 bridgehead atoms. The van der Waals surface area contributed by atoms with Gasteiger partial charge in [-0.3, -0.25) is 4.79 Å². The van der Waals surface area contributed by atoms with E-state index >= 15 is 0 Å². The highest BCUT2D eigenvalue weighted by Crippen LogP contribution is 2.35. The normalized spacial score (nSPS) is 11.1. The number of carbonyl (C=O) groups is 1. The lowest BCUT2D eigenvalue weighted by atomic mass is 10.1. The van der Waals surface area contributed by atoms with Crippen molar-refractivity contribution in [3.63, 3.8) is 0 Å². The number of alkyl halides is 3. The molecule has 0 saturated heterocycles. The predicted molar refractivity (Wildman–Crippen MR) is 95.9 cm³/mol. The van der Waals surface area contributed by atoms with Crippen LogP contribution in [-0.2, 0) is 6.18 Å². The van der Waals surface area contributed by atoms with E-state index in [9.17, 15) is 18.0 Å². The highest BCUT2D eigenvalue weighted by Gasteiger charge is 2.33. The zero-order valence-electron chi connectivity index (χ0n) is 14.2. The van der Waals surface area contributed by atoms with Crippen molar-refractivity contribution in [1.82, 2.24) is 9.97 Å². The van der Waals surface area contributed by atoms with E-state index in [0.717, 1.165) is 11.6 Å². The first-order chi connectivity index (χ1) is 12.8. The number of aryl methyl sites for hydroxylation is 1. The van der Waals surface area contributed by atoms with Gasteiger partial charge in [-0.1, -0.05) is 24.3 Å². The SMILES string of the molecule is Cc1cccc(NC(=O)c2cnc(Nc3ccccc3C(F)(F)F)nc2)c1. The Bertz CT molecular complexity index is 956. The predicted octanol–water partition coefficient (Wildman–Crippen LogP) is 4.80. The van der Waals surface area contributed by atoms with Crippen LogP contribution in [0.2, 0.25) is 0 Å². The van der Waals surface area contributed by atoms with Gasteiger partial charge in [-0.2, -0.15) is 13.2 Å². The van der Waals surface area contributed by atoms with Gasteiger partial charge >= 0.3 is 6.18 Å². The zero-order chi connectivity index (χ0) is 19.4. The lowest BCUT2D eigenvalue weighted by molar-refractivity contribution is -0.136. The summed E-state index contributed by atoms with van der Waals surface area (Å²) >= 11 is 0. The van der Waals surface area contributed by atoms with E-state index in [-0.39, 0.29) is 17.2 Å². The van der Waals surface area contributed by atoms with Gasteiger partial charge in [-0.25, -0.2) is 9.97 Å². The minimum atomic E-state index is -4.50. The molecule has 2 N–H and O–H groups in total. The molecule has 1 aromatic heterocycles. The Morgan fingerprint density at radius 3 is 2.37 bits per heavy atom. The van der Waals surface area contributed by atoms with Gasteiger partial charge in [-0.15, -0.1) is 0 Å². The van der Waals surface area contributed by atoms with Crippen molar-refractivity contribution < 1.29 is 18.0 Å². The third-order valence-corrected chi connectivity index (χ3v) is 3.67. The Balaban J connectivity index is 1.74. The summed E-state index contributed by atoms with van der Waals surface area (Å²) in [5.41, 5.74) is 0.816. The van der Waals surface area contributed by atoms with E-state index < -0.39 is 17.6 Å².